The quantitative estimate of drug-likeness (QED) is 0.908. The summed E-state index contributed by atoms with van der Waals surface area (Å²) in [6.45, 7) is 9.79. The van der Waals surface area contributed by atoms with E-state index in [2.05, 4.69) is 38.1 Å². The summed E-state index contributed by atoms with van der Waals surface area (Å²) in [5.74, 6) is 0.502. The van der Waals surface area contributed by atoms with Crippen molar-refractivity contribution in [1.82, 2.24) is 4.90 Å². The van der Waals surface area contributed by atoms with Gasteiger partial charge in [-0.3, -0.25) is 4.79 Å². The van der Waals surface area contributed by atoms with Gasteiger partial charge in [-0.05, 0) is 35.3 Å². The van der Waals surface area contributed by atoms with Crippen LogP contribution in [0.1, 0.15) is 64.0 Å². The molecule has 1 amide bonds. The van der Waals surface area contributed by atoms with Crippen molar-refractivity contribution >= 4 is 5.91 Å². The van der Waals surface area contributed by atoms with Crippen molar-refractivity contribution in [2.45, 2.75) is 64.4 Å². The van der Waals surface area contributed by atoms with Gasteiger partial charge in [0.05, 0.1) is 6.10 Å². The molecule has 2 atom stereocenters. The first kappa shape index (κ1) is 16.5. The summed E-state index contributed by atoms with van der Waals surface area (Å²) < 4.78 is 0. The monoisotopic (exact) mass is 315 g/mol. The number of hydrogen-bond acceptors (Lipinski definition) is 2. The molecule has 3 rings (SSSR count). The van der Waals surface area contributed by atoms with E-state index >= 15 is 0 Å². The van der Waals surface area contributed by atoms with Crippen LogP contribution in [0.2, 0.25) is 0 Å². The van der Waals surface area contributed by atoms with Gasteiger partial charge < -0.3 is 10.0 Å². The van der Waals surface area contributed by atoms with Crippen molar-refractivity contribution < 1.29 is 9.90 Å². The Balaban J connectivity index is 1.76. The van der Waals surface area contributed by atoms with Gasteiger partial charge in [-0.25, -0.2) is 0 Å². The molecule has 1 fully saturated rings. The fourth-order valence-corrected chi connectivity index (χ4v) is 4.15. The number of rotatable bonds is 2. The second kappa shape index (κ2) is 5.62. The molecule has 126 valence electrons. The molecule has 23 heavy (non-hydrogen) atoms. The first-order valence-corrected chi connectivity index (χ1v) is 8.76. The fraction of sp³-hybridized carbons (Fsp3) is 0.650. The van der Waals surface area contributed by atoms with Gasteiger partial charge in [0.1, 0.15) is 0 Å². The Bertz CT molecular complexity index is 605. The molecule has 1 heterocycles. The van der Waals surface area contributed by atoms with Crippen LogP contribution in [-0.2, 0) is 10.2 Å². The van der Waals surface area contributed by atoms with Crippen LogP contribution in [0.25, 0.3) is 0 Å². The number of carbonyl (C=O) groups is 1. The summed E-state index contributed by atoms with van der Waals surface area (Å²) in [6.07, 6.45) is 2.34. The van der Waals surface area contributed by atoms with E-state index < -0.39 is 6.10 Å². The summed E-state index contributed by atoms with van der Waals surface area (Å²) in [6, 6.07) is 8.59. The molecule has 0 aromatic heterocycles. The summed E-state index contributed by atoms with van der Waals surface area (Å²) >= 11 is 0. The highest BCUT2D eigenvalue weighted by molar-refractivity contribution is 5.78. The van der Waals surface area contributed by atoms with E-state index in [0.29, 0.717) is 25.4 Å². The minimum absolute atomic E-state index is 0.189. The lowest BCUT2D eigenvalue weighted by molar-refractivity contribution is -0.131. The zero-order valence-electron chi connectivity index (χ0n) is 14.8. The van der Waals surface area contributed by atoms with Gasteiger partial charge in [0.15, 0.2) is 0 Å². The molecule has 0 spiro atoms. The minimum Gasteiger partial charge on any atom is -0.391 e. The van der Waals surface area contributed by atoms with Gasteiger partial charge in [0.2, 0.25) is 5.91 Å². The average Bonchev–Trinajstić information content (AvgIpc) is 2.76. The molecule has 1 aromatic rings. The van der Waals surface area contributed by atoms with Gasteiger partial charge in [-0.15, -0.1) is 0 Å². The van der Waals surface area contributed by atoms with Crippen molar-refractivity contribution in [2.75, 3.05) is 13.1 Å². The first-order chi connectivity index (χ1) is 10.7. The Kier molecular flexibility index (Phi) is 4.04. The van der Waals surface area contributed by atoms with Crippen molar-refractivity contribution in [3.63, 3.8) is 0 Å². The molecular weight excluding hydrogens is 286 g/mol. The standard InChI is InChI=1S/C20H29NO2/c1-19(2)10-9-14(15-7-5-6-8-16(15)19)11-18(23)21-12-17(22)20(3,4)13-21/h5-8,14,17,22H,9-13H2,1-4H3. The zero-order valence-corrected chi connectivity index (χ0v) is 14.8. The van der Waals surface area contributed by atoms with Crippen molar-refractivity contribution in [2.24, 2.45) is 5.41 Å². The maximum absolute atomic E-state index is 12.7. The van der Waals surface area contributed by atoms with Crippen LogP contribution < -0.4 is 0 Å². The topological polar surface area (TPSA) is 40.5 Å². The third-order valence-electron chi connectivity index (χ3n) is 5.92. The smallest absolute Gasteiger partial charge is 0.223 e. The molecule has 1 saturated heterocycles. The molecule has 1 aliphatic heterocycles. The van der Waals surface area contributed by atoms with E-state index in [1.54, 1.807) is 0 Å². The summed E-state index contributed by atoms with van der Waals surface area (Å²) in [5, 5.41) is 10.1. The first-order valence-electron chi connectivity index (χ1n) is 8.76. The van der Waals surface area contributed by atoms with Gasteiger partial charge in [-0.1, -0.05) is 52.0 Å². The number of carbonyl (C=O) groups excluding carboxylic acids is 1. The highest BCUT2D eigenvalue weighted by atomic mass is 16.3. The van der Waals surface area contributed by atoms with Crippen LogP contribution in [0.15, 0.2) is 24.3 Å². The molecule has 0 bridgehead atoms. The van der Waals surface area contributed by atoms with Crippen LogP contribution in [0.4, 0.5) is 0 Å². The van der Waals surface area contributed by atoms with Crippen LogP contribution in [0.3, 0.4) is 0 Å². The maximum Gasteiger partial charge on any atom is 0.223 e. The predicted octanol–water partition coefficient (Wildman–Crippen LogP) is 3.46. The molecule has 1 aliphatic carbocycles. The van der Waals surface area contributed by atoms with E-state index in [1.807, 2.05) is 18.7 Å². The highest BCUT2D eigenvalue weighted by Gasteiger charge is 2.41. The van der Waals surface area contributed by atoms with Crippen molar-refractivity contribution in [3.8, 4) is 0 Å². The fourth-order valence-electron chi connectivity index (χ4n) is 4.15. The van der Waals surface area contributed by atoms with Crippen LogP contribution in [0.5, 0.6) is 0 Å². The number of benzene rings is 1. The third kappa shape index (κ3) is 3.03. The number of nitrogens with zero attached hydrogens (tertiary/aromatic N) is 1. The van der Waals surface area contributed by atoms with Gasteiger partial charge in [-0.2, -0.15) is 0 Å². The molecule has 1 aromatic carbocycles. The van der Waals surface area contributed by atoms with Gasteiger partial charge >= 0.3 is 0 Å². The molecule has 3 nitrogen and oxygen atoms in total. The SMILES string of the molecule is CC1(C)CCC(CC(=O)N2CC(O)C(C)(C)C2)c2ccccc21. The molecule has 3 heteroatoms. The number of aliphatic hydroxyl groups excluding tert-OH is 1. The zero-order chi connectivity index (χ0) is 16.8. The number of aliphatic hydroxyl groups is 1. The Hall–Kier alpha value is -1.35. The Morgan fingerprint density at radius 1 is 1.26 bits per heavy atom. The van der Waals surface area contributed by atoms with E-state index in [1.165, 1.54) is 11.1 Å². The maximum atomic E-state index is 12.7. The van der Waals surface area contributed by atoms with Crippen LogP contribution in [0, 0.1) is 5.41 Å². The minimum atomic E-state index is -0.413. The van der Waals surface area contributed by atoms with E-state index in [0.717, 1.165) is 12.8 Å². The number of fused-ring (bicyclic) bond motifs is 1. The average molecular weight is 315 g/mol. The van der Waals surface area contributed by atoms with E-state index in [-0.39, 0.29) is 16.7 Å². The number of hydrogen-bond donors (Lipinski definition) is 1. The summed E-state index contributed by atoms with van der Waals surface area (Å²) in [4.78, 5) is 14.6. The van der Waals surface area contributed by atoms with Crippen LogP contribution in [-0.4, -0.2) is 35.1 Å². The second-order valence-corrected chi connectivity index (χ2v) is 8.69. The van der Waals surface area contributed by atoms with Crippen LogP contribution >= 0.6 is 0 Å². The second-order valence-electron chi connectivity index (χ2n) is 8.69. The number of likely N-dealkylation sites (tertiary alicyclic amines) is 1. The van der Waals surface area contributed by atoms with Crippen molar-refractivity contribution in [3.05, 3.63) is 35.4 Å². The highest BCUT2D eigenvalue weighted by Crippen LogP contribution is 2.44. The van der Waals surface area contributed by atoms with Crippen molar-refractivity contribution in [1.29, 1.82) is 0 Å². The molecule has 2 aliphatic rings. The summed E-state index contributed by atoms with van der Waals surface area (Å²) in [5.41, 5.74) is 2.74. The van der Waals surface area contributed by atoms with E-state index in [9.17, 15) is 9.90 Å². The molecule has 2 unspecified atom stereocenters. The lowest BCUT2D eigenvalue weighted by Gasteiger charge is -2.37. The molecule has 0 radical (unpaired) electrons. The lowest BCUT2D eigenvalue weighted by Crippen LogP contribution is -2.33. The Morgan fingerprint density at radius 2 is 1.96 bits per heavy atom. The normalized spacial score (nSPS) is 28.5. The number of amides is 1. The molecule has 1 N–H and O–H groups in total. The Morgan fingerprint density at radius 3 is 2.61 bits per heavy atom. The van der Waals surface area contributed by atoms with Gasteiger partial charge in [0.25, 0.3) is 0 Å². The number of β-amino-alcohol motifs (C(OH)–C–C–N with tert-alkyl or cyclic N) is 1. The summed E-state index contributed by atoms with van der Waals surface area (Å²) in [7, 11) is 0. The van der Waals surface area contributed by atoms with Gasteiger partial charge in [0, 0.05) is 24.9 Å². The van der Waals surface area contributed by atoms with E-state index in [4.69, 9.17) is 0 Å². The molecule has 0 saturated carbocycles. The largest absolute Gasteiger partial charge is 0.391 e. The lowest BCUT2D eigenvalue weighted by atomic mass is 9.68. The Labute approximate surface area is 139 Å². The predicted molar refractivity (Wildman–Crippen MR) is 92.4 cm³/mol. The molecular formula is C20H29NO2. The third-order valence-corrected chi connectivity index (χ3v) is 5.92.